The summed E-state index contributed by atoms with van der Waals surface area (Å²) in [4.78, 5) is 4.41. The highest BCUT2D eigenvalue weighted by atomic mass is 79.9. The molecule has 2 atom stereocenters. The van der Waals surface area contributed by atoms with E-state index in [0.29, 0.717) is 28.1 Å². The van der Waals surface area contributed by atoms with Crippen LogP contribution in [0, 0.1) is 5.82 Å². The lowest BCUT2D eigenvalue weighted by Gasteiger charge is -2.10. The minimum atomic E-state index is -0.822. The van der Waals surface area contributed by atoms with E-state index in [4.69, 9.17) is 11.6 Å². The zero-order valence-electron chi connectivity index (χ0n) is 11.2. The highest BCUT2D eigenvalue weighted by Crippen LogP contribution is 2.28. The molecule has 0 bridgehead atoms. The lowest BCUT2D eigenvalue weighted by atomic mass is 10.3. The van der Waals surface area contributed by atoms with Gasteiger partial charge in [0.25, 0.3) is 0 Å². The summed E-state index contributed by atoms with van der Waals surface area (Å²) >= 11 is 9.34. The summed E-state index contributed by atoms with van der Waals surface area (Å²) in [5.41, 5.74) is 1.42. The zero-order valence-corrected chi connectivity index (χ0v) is 14.4. The molecule has 0 spiro atoms. The van der Waals surface area contributed by atoms with Gasteiger partial charge in [0.1, 0.15) is 11.6 Å². The minimum absolute atomic E-state index is 0.267. The Bertz CT molecular complexity index is 659. The number of alkyl halides is 1. The minimum Gasteiger partial charge on any atom is -0.327 e. The Balaban J connectivity index is 2.45. The molecule has 0 aliphatic rings. The van der Waals surface area contributed by atoms with Gasteiger partial charge in [-0.2, -0.15) is 0 Å². The van der Waals surface area contributed by atoms with E-state index in [-0.39, 0.29) is 11.2 Å². The van der Waals surface area contributed by atoms with Gasteiger partial charge in [-0.3, -0.25) is 4.21 Å². The summed E-state index contributed by atoms with van der Waals surface area (Å²) in [5, 5.41) is -0.267. The third-order valence-electron chi connectivity index (χ3n) is 2.99. The zero-order chi connectivity index (χ0) is 14.9. The van der Waals surface area contributed by atoms with Crippen LogP contribution < -0.4 is 0 Å². The number of rotatable bonds is 5. The van der Waals surface area contributed by atoms with Gasteiger partial charge in [0, 0.05) is 35.4 Å². The van der Waals surface area contributed by atoms with Crippen molar-refractivity contribution in [3.8, 4) is 0 Å². The van der Waals surface area contributed by atoms with E-state index in [9.17, 15) is 8.60 Å². The van der Waals surface area contributed by atoms with Crippen LogP contribution in [0.5, 0.6) is 0 Å². The largest absolute Gasteiger partial charge is 0.327 e. The molecule has 2 unspecified atom stereocenters. The van der Waals surface area contributed by atoms with Crippen molar-refractivity contribution in [3.63, 3.8) is 0 Å². The molecule has 0 saturated heterocycles. The maximum atomic E-state index is 13.6. The fraction of sp³-hybridized carbons (Fsp3) is 0.462. The van der Waals surface area contributed by atoms with Crippen LogP contribution in [-0.2, 0) is 17.3 Å². The van der Waals surface area contributed by atoms with Crippen molar-refractivity contribution in [2.75, 3.05) is 12.0 Å². The van der Waals surface area contributed by atoms with E-state index in [1.807, 2.05) is 11.5 Å². The van der Waals surface area contributed by atoms with Crippen molar-refractivity contribution in [3.05, 3.63) is 28.2 Å². The molecule has 2 rings (SSSR count). The van der Waals surface area contributed by atoms with Crippen LogP contribution in [0.4, 0.5) is 4.39 Å². The summed E-state index contributed by atoms with van der Waals surface area (Å²) in [6.07, 6.45) is 2.45. The Labute approximate surface area is 133 Å². The van der Waals surface area contributed by atoms with Crippen molar-refractivity contribution in [1.29, 1.82) is 0 Å². The highest BCUT2D eigenvalue weighted by molar-refractivity contribution is 9.10. The van der Waals surface area contributed by atoms with Gasteiger partial charge >= 0.3 is 0 Å². The van der Waals surface area contributed by atoms with Crippen LogP contribution in [0.1, 0.15) is 24.5 Å². The number of hydrogen-bond donors (Lipinski definition) is 0. The summed E-state index contributed by atoms with van der Waals surface area (Å²) < 4.78 is 27.1. The van der Waals surface area contributed by atoms with Gasteiger partial charge in [-0.05, 0) is 35.3 Å². The van der Waals surface area contributed by atoms with Crippen LogP contribution in [0.3, 0.4) is 0 Å². The molecule has 0 amide bonds. The van der Waals surface area contributed by atoms with E-state index in [2.05, 4.69) is 20.9 Å². The summed E-state index contributed by atoms with van der Waals surface area (Å²) in [5.74, 6) is 0.990. The van der Waals surface area contributed by atoms with E-state index in [1.54, 1.807) is 12.3 Å². The molecule has 0 fully saturated rings. The third kappa shape index (κ3) is 3.40. The van der Waals surface area contributed by atoms with E-state index < -0.39 is 10.8 Å². The Kier molecular flexibility index (Phi) is 5.20. The quantitative estimate of drug-likeness (QED) is 0.734. The summed E-state index contributed by atoms with van der Waals surface area (Å²) in [6, 6.07) is 3.11. The second kappa shape index (κ2) is 6.54. The molecule has 0 N–H and O–H groups in total. The first-order chi connectivity index (χ1) is 9.40. The second-order valence-electron chi connectivity index (χ2n) is 4.62. The Morgan fingerprint density at radius 3 is 2.85 bits per heavy atom. The predicted molar refractivity (Wildman–Crippen MR) is 85.2 cm³/mol. The first-order valence-corrected chi connectivity index (χ1v) is 9.15. The van der Waals surface area contributed by atoms with Gasteiger partial charge in [0.15, 0.2) is 0 Å². The van der Waals surface area contributed by atoms with Gasteiger partial charge < -0.3 is 4.57 Å². The maximum Gasteiger partial charge on any atom is 0.139 e. The van der Waals surface area contributed by atoms with Crippen molar-refractivity contribution in [2.24, 2.45) is 0 Å². The fourth-order valence-corrected chi connectivity index (χ4v) is 3.14. The molecule has 110 valence electrons. The second-order valence-corrected chi connectivity index (χ2v) is 7.69. The molecular formula is C13H15BrClFN2OS. The standard InChI is InChI=1S/C13H15BrClFN2OS/c1-8(15)13-17-11-7-10(16)9(14)6-12(11)18(13)4-3-5-20(2)19/h6-8H,3-5H2,1-2H3. The van der Waals surface area contributed by atoms with Crippen molar-refractivity contribution < 1.29 is 8.60 Å². The monoisotopic (exact) mass is 380 g/mol. The van der Waals surface area contributed by atoms with E-state index in [0.717, 1.165) is 11.9 Å². The van der Waals surface area contributed by atoms with Gasteiger partial charge in [-0.25, -0.2) is 9.37 Å². The molecule has 7 heteroatoms. The normalized spacial score (nSPS) is 14.7. The molecule has 0 saturated carbocycles. The smallest absolute Gasteiger partial charge is 0.139 e. The lowest BCUT2D eigenvalue weighted by Crippen LogP contribution is -2.07. The van der Waals surface area contributed by atoms with Crippen molar-refractivity contribution in [1.82, 2.24) is 9.55 Å². The van der Waals surface area contributed by atoms with Crippen molar-refractivity contribution >= 4 is 49.4 Å². The molecule has 0 aliphatic heterocycles. The average Bonchev–Trinajstić information content (AvgIpc) is 2.68. The first-order valence-electron chi connectivity index (χ1n) is 6.19. The number of aryl methyl sites for hydroxylation is 1. The van der Waals surface area contributed by atoms with Crippen LogP contribution in [-0.4, -0.2) is 25.8 Å². The SMILES string of the molecule is CC(Cl)c1nc2cc(F)c(Br)cc2n1CCCS(C)=O. The number of imidazole rings is 1. The number of fused-ring (bicyclic) bond motifs is 1. The Morgan fingerprint density at radius 1 is 1.55 bits per heavy atom. The molecule has 1 heterocycles. The van der Waals surface area contributed by atoms with E-state index in [1.165, 1.54) is 6.07 Å². The maximum absolute atomic E-state index is 13.6. The molecule has 3 nitrogen and oxygen atoms in total. The van der Waals surface area contributed by atoms with Crippen LogP contribution in [0.2, 0.25) is 0 Å². The van der Waals surface area contributed by atoms with Gasteiger partial charge in [-0.15, -0.1) is 11.6 Å². The Morgan fingerprint density at radius 2 is 2.25 bits per heavy atom. The number of hydrogen-bond acceptors (Lipinski definition) is 2. The van der Waals surface area contributed by atoms with Crippen LogP contribution >= 0.6 is 27.5 Å². The Hall–Kier alpha value is -0.460. The van der Waals surface area contributed by atoms with Gasteiger partial charge in [0.05, 0.1) is 20.9 Å². The highest BCUT2D eigenvalue weighted by Gasteiger charge is 2.16. The fourth-order valence-electron chi connectivity index (χ4n) is 2.10. The van der Waals surface area contributed by atoms with Crippen LogP contribution in [0.15, 0.2) is 16.6 Å². The molecule has 0 aliphatic carbocycles. The molecule has 2 aromatic rings. The number of nitrogens with zero attached hydrogens (tertiary/aromatic N) is 2. The molecule has 20 heavy (non-hydrogen) atoms. The predicted octanol–water partition coefficient (Wildman–Crippen LogP) is 4.01. The summed E-state index contributed by atoms with van der Waals surface area (Å²) in [6.45, 7) is 2.50. The van der Waals surface area contributed by atoms with Crippen molar-refractivity contribution in [2.45, 2.75) is 25.3 Å². The molecular weight excluding hydrogens is 367 g/mol. The van der Waals surface area contributed by atoms with Gasteiger partial charge in [0.2, 0.25) is 0 Å². The number of halogens is 3. The molecule has 0 radical (unpaired) electrons. The lowest BCUT2D eigenvalue weighted by molar-refractivity contribution is 0.622. The average molecular weight is 382 g/mol. The van der Waals surface area contributed by atoms with Gasteiger partial charge in [-0.1, -0.05) is 0 Å². The molecule has 1 aromatic carbocycles. The third-order valence-corrected chi connectivity index (χ3v) is 4.66. The first kappa shape index (κ1) is 15.9. The summed E-state index contributed by atoms with van der Waals surface area (Å²) in [7, 11) is -0.822. The molecule has 1 aromatic heterocycles. The number of aromatic nitrogens is 2. The number of benzene rings is 1. The topological polar surface area (TPSA) is 34.9 Å². The van der Waals surface area contributed by atoms with Crippen LogP contribution in [0.25, 0.3) is 11.0 Å². The van der Waals surface area contributed by atoms with E-state index >= 15 is 0 Å².